The highest BCUT2D eigenvalue weighted by Gasteiger charge is 2.34. The van der Waals surface area contributed by atoms with Gasteiger partial charge in [-0.15, -0.1) is 11.3 Å². The van der Waals surface area contributed by atoms with Crippen molar-refractivity contribution in [3.05, 3.63) is 45.9 Å². The quantitative estimate of drug-likeness (QED) is 0.878. The number of aromatic nitrogens is 1. The molecule has 0 fully saturated rings. The number of benzene rings is 1. The normalized spacial score (nSPS) is 11.3. The van der Waals surface area contributed by atoms with E-state index in [1.165, 1.54) is 23.5 Å². The van der Waals surface area contributed by atoms with Gasteiger partial charge in [-0.1, -0.05) is 12.2 Å². The Hall–Kier alpha value is -1.67. The van der Waals surface area contributed by atoms with Crippen LogP contribution in [0.25, 0.3) is 0 Å². The molecule has 3 nitrogen and oxygen atoms in total. The lowest BCUT2D eigenvalue weighted by molar-refractivity contribution is -0.139. The standard InChI is InChI=1S/C12H9F3N2OS2/c13-12(14,15)9-3-7(11(16)19)1-2-10(9)18-5-8-4-17-6-20-8/h1-4,6H,5H2,(H2,16,19). The van der Waals surface area contributed by atoms with Gasteiger partial charge in [0.25, 0.3) is 0 Å². The SMILES string of the molecule is NC(=S)c1ccc(OCc2cncs2)c(C(F)(F)F)c1. The van der Waals surface area contributed by atoms with E-state index >= 15 is 0 Å². The predicted molar refractivity (Wildman–Crippen MR) is 73.8 cm³/mol. The second-order valence-corrected chi connectivity index (χ2v) is 5.24. The van der Waals surface area contributed by atoms with Crippen LogP contribution in [0.5, 0.6) is 5.75 Å². The molecule has 0 aliphatic rings. The van der Waals surface area contributed by atoms with E-state index in [1.54, 1.807) is 11.7 Å². The number of alkyl halides is 3. The van der Waals surface area contributed by atoms with Crippen molar-refractivity contribution in [1.82, 2.24) is 4.98 Å². The average Bonchev–Trinajstić information content (AvgIpc) is 2.88. The zero-order valence-electron chi connectivity index (χ0n) is 9.98. The summed E-state index contributed by atoms with van der Waals surface area (Å²) >= 11 is 5.99. The van der Waals surface area contributed by atoms with Crippen LogP contribution in [0.3, 0.4) is 0 Å². The van der Waals surface area contributed by atoms with Crippen molar-refractivity contribution in [1.29, 1.82) is 0 Å². The van der Waals surface area contributed by atoms with E-state index in [1.807, 2.05) is 0 Å². The summed E-state index contributed by atoms with van der Waals surface area (Å²) in [6, 6.07) is 3.52. The Labute approximate surface area is 122 Å². The fourth-order valence-electron chi connectivity index (χ4n) is 1.49. The van der Waals surface area contributed by atoms with Crippen LogP contribution in [0, 0.1) is 0 Å². The maximum absolute atomic E-state index is 13.0. The molecule has 0 unspecified atom stereocenters. The third-order valence-corrected chi connectivity index (χ3v) is 3.41. The van der Waals surface area contributed by atoms with Gasteiger partial charge < -0.3 is 10.5 Å². The zero-order chi connectivity index (χ0) is 14.8. The number of thiazole rings is 1. The van der Waals surface area contributed by atoms with Crippen LogP contribution in [0.4, 0.5) is 13.2 Å². The monoisotopic (exact) mass is 318 g/mol. The average molecular weight is 318 g/mol. The van der Waals surface area contributed by atoms with Crippen molar-refractivity contribution in [3.63, 3.8) is 0 Å². The maximum Gasteiger partial charge on any atom is 0.419 e. The number of hydrogen-bond acceptors (Lipinski definition) is 4. The predicted octanol–water partition coefficient (Wildman–Crippen LogP) is 3.38. The molecule has 2 rings (SSSR count). The summed E-state index contributed by atoms with van der Waals surface area (Å²) in [4.78, 5) is 4.47. The number of nitrogens with zero attached hydrogens (tertiary/aromatic N) is 1. The Kier molecular flexibility index (Phi) is 4.24. The van der Waals surface area contributed by atoms with Crippen LogP contribution in [0.15, 0.2) is 29.9 Å². The second kappa shape index (κ2) is 5.76. The lowest BCUT2D eigenvalue weighted by Crippen LogP contribution is -2.14. The molecule has 1 aromatic heterocycles. The molecule has 2 aromatic rings. The molecule has 1 heterocycles. The number of nitrogens with two attached hydrogens (primary N) is 1. The molecule has 2 N–H and O–H groups in total. The fraction of sp³-hybridized carbons (Fsp3) is 0.167. The molecule has 0 radical (unpaired) electrons. The van der Waals surface area contributed by atoms with E-state index in [0.29, 0.717) is 0 Å². The summed E-state index contributed by atoms with van der Waals surface area (Å²) in [6.45, 7) is 0.0279. The van der Waals surface area contributed by atoms with E-state index in [9.17, 15) is 13.2 Å². The van der Waals surface area contributed by atoms with E-state index in [0.717, 1.165) is 10.9 Å². The molecule has 0 atom stereocenters. The van der Waals surface area contributed by atoms with Gasteiger partial charge >= 0.3 is 6.18 Å². The third kappa shape index (κ3) is 3.45. The first kappa shape index (κ1) is 14.7. The van der Waals surface area contributed by atoms with Crippen LogP contribution >= 0.6 is 23.6 Å². The van der Waals surface area contributed by atoms with E-state index < -0.39 is 11.7 Å². The first-order valence-corrected chi connectivity index (χ1v) is 6.68. The second-order valence-electron chi connectivity index (χ2n) is 3.83. The van der Waals surface area contributed by atoms with Gasteiger partial charge in [-0.2, -0.15) is 13.2 Å². The molecule has 0 spiro atoms. The fourth-order valence-corrected chi connectivity index (χ4v) is 2.13. The molecule has 1 aromatic carbocycles. The number of hydrogen-bond donors (Lipinski definition) is 1. The van der Waals surface area contributed by atoms with Crippen molar-refractivity contribution in [3.8, 4) is 5.75 Å². The molecular weight excluding hydrogens is 309 g/mol. The minimum Gasteiger partial charge on any atom is -0.487 e. The molecule has 0 aliphatic heterocycles. The molecule has 8 heteroatoms. The van der Waals surface area contributed by atoms with Crippen molar-refractivity contribution in [2.45, 2.75) is 12.8 Å². The molecule has 0 amide bonds. The van der Waals surface area contributed by atoms with Crippen molar-refractivity contribution >= 4 is 28.5 Å². The Balaban J connectivity index is 2.29. The van der Waals surface area contributed by atoms with Gasteiger partial charge in [-0.05, 0) is 18.2 Å². The smallest absolute Gasteiger partial charge is 0.419 e. The largest absolute Gasteiger partial charge is 0.487 e. The minimum atomic E-state index is -4.54. The van der Waals surface area contributed by atoms with Gasteiger partial charge in [-0.3, -0.25) is 4.98 Å². The van der Waals surface area contributed by atoms with Gasteiger partial charge in [0.05, 0.1) is 16.0 Å². The van der Waals surface area contributed by atoms with E-state index in [4.69, 9.17) is 10.5 Å². The number of thiocarbonyl (C=S) groups is 1. The summed E-state index contributed by atoms with van der Waals surface area (Å²) in [5, 5.41) is 0. The Morgan fingerprint density at radius 1 is 1.40 bits per heavy atom. The molecule has 0 saturated carbocycles. The summed E-state index contributed by atoms with van der Waals surface area (Å²) in [5.74, 6) is -0.258. The van der Waals surface area contributed by atoms with Crippen LogP contribution in [0.1, 0.15) is 16.0 Å². The molecule has 106 valence electrons. The molecule has 0 bridgehead atoms. The van der Waals surface area contributed by atoms with Crippen LogP contribution < -0.4 is 10.5 Å². The Morgan fingerprint density at radius 3 is 2.70 bits per heavy atom. The molecule has 0 saturated heterocycles. The lowest BCUT2D eigenvalue weighted by atomic mass is 10.1. The van der Waals surface area contributed by atoms with Crippen molar-refractivity contribution in [2.75, 3.05) is 0 Å². The minimum absolute atomic E-state index is 0.0279. The van der Waals surface area contributed by atoms with Gasteiger partial charge in [0.15, 0.2) is 0 Å². The zero-order valence-corrected chi connectivity index (χ0v) is 11.6. The molecule has 0 aliphatic carbocycles. The third-order valence-electron chi connectivity index (χ3n) is 2.42. The van der Waals surface area contributed by atoms with E-state index in [-0.39, 0.29) is 22.9 Å². The van der Waals surface area contributed by atoms with E-state index in [2.05, 4.69) is 17.2 Å². The van der Waals surface area contributed by atoms with Gasteiger partial charge in [-0.25, -0.2) is 0 Å². The molecular formula is C12H9F3N2OS2. The molecule has 20 heavy (non-hydrogen) atoms. The maximum atomic E-state index is 13.0. The van der Waals surface area contributed by atoms with Gasteiger partial charge in [0.1, 0.15) is 17.3 Å². The van der Waals surface area contributed by atoms with Gasteiger partial charge in [0.2, 0.25) is 0 Å². The first-order valence-electron chi connectivity index (χ1n) is 5.39. The first-order chi connectivity index (χ1) is 9.38. The Bertz CT molecular complexity index is 612. The number of rotatable bonds is 4. The van der Waals surface area contributed by atoms with Crippen LogP contribution in [0.2, 0.25) is 0 Å². The van der Waals surface area contributed by atoms with Gasteiger partial charge in [0, 0.05) is 11.8 Å². The lowest BCUT2D eigenvalue weighted by Gasteiger charge is -2.14. The highest BCUT2D eigenvalue weighted by Crippen LogP contribution is 2.37. The summed E-state index contributed by atoms with van der Waals surface area (Å²) in [7, 11) is 0. The summed E-state index contributed by atoms with van der Waals surface area (Å²) in [5.41, 5.74) is 6.18. The highest BCUT2D eigenvalue weighted by atomic mass is 32.1. The van der Waals surface area contributed by atoms with Crippen molar-refractivity contribution in [2.24, 2.45) is 5.73 Å². The van der Waals surface area contributed by atoms with Crippen molar-refractivity contribution < 1.29 is 17.9 Å². The number of ether oxygens (including phenoxy) is 1. The summed E-state index contributed by atoms with van der Waals surface area (Å²) in [6.07, 6.45) is -2.99. The number of halogens is 3. The topological polar surface area (TPSA) is 48.1 Å². The Morgan fingerprint density at radius 2 is 2.15 bits per heavy atom. The van der Waals surface area contributed by atoms with Crippen LogP contribution in [-0.4, -0.2) is 9.97 Å². The highest BCUT2D eigenvalue weighted by molar-refractivity contribution is 7.80. The summed E-state index contributed by atoms with van der Waals surface area (Å²) < 4.78 is 44.2. The van der Waals surface area contributed by atoms with Crippen LogP contribution in [-0.2, 0) is 12.8 Å².